The van der Waals surface area contributed by atoms with Gasteiger partial charge in [-0.05, 0) is 42.0 Å². The molecule has 3 rings (SSSR count). The van der Waals surface area contributed by atoms with Gasteiger partial charge >= 0.3 is 0 Å². The van der Waals surface area contributed by atoms with E-state index in [2.05, 4.69) is 0 Å². The van der Waals surface area contributed by atoms with Gasteiger partial charge < -0.3 is 10.8 Å². The highest BCUT2D eigenvalue weighted by atomic mass is 35.5. The molecule has 0 spiro atoms. The van der Waals surface area contributed by atoms with Crippen LogP contribution in [0.2, 0.25) is 5.02 Å². The van der Waals surface area contributed by atoms with Gasteiger partial charge in [0.15, 0.2) is 9.84 Å². The Kier molecular flexibility index (Phi) is 4.42. The number of aliphatic hydroxyl groups excluding tert-OH is 1. The average Bonchev–Trinajstić information content (AvgIpc) is 3.26. The molecular formula is C17H17ClFNO3S. The Bertz CT molecular complexity index is 850. The van der Waals surface area contributed by atoms with E-state index in [1.807, 2.05) is 0 Å². The van der Waals surface area contributed by atoms with Gasteiger partial charge in [0.05, 0.1) is 16.8 Å². The number of benzene rings is 2. The van der Waals surface area contributed by atoms with Crippen molar-refractivity contribution in [3.05, 3.63) is 64.9 Å². The van der Waals surface area contributed by atoms with Gasteiger partial charge in [0.25, 0.3) is 0 Å². The first-order valence-corrected chi connectivity index (χ1v) is 9.35. The molecular weight excluding hydrogens is 353 g/mol. The third-order valence-electron chi connectivity index (χ3n) is 4.74. The molecule has 128 valence electrons. The first kappa shape index (κ1) is 17.4. The van der Waals surface area contributed by atoms with Crippen molar-refractivity contribution in [1.29, 1.82) is 0 Å². The van der Waals surface area contributed by atoms with Crippen LogP contribution in [0.3, 0.4) is 0 Å². The Morgan fingerprint density at radius 3 is 2.42 bits per heavy atom. The van der Waals surface area contributed by atoms with Crippen LogP contribution in [-0.2, 0) is 9.84 Å². The predicted octanol–water partition coefficient (Wildman–Crippen LogP) is 2.36. The Balaban J connectivity index is 2.06. The van der Waals surface area contributed by atoms with Crippen molar-refractivity contribution in [2.24, 2.45) is 11.1 Å². The minimum atomic E-state index is -3.75. The van der Waals surface area contributed by atoms with Crippen LogP contribution < -0.4 is 5.73 Å². The lowest BCUT2D eigenvalue weighted by Crippen LogP contribution is -2.27. The van der Waals surface area contributed by atoms with E-state index in [-0.39, 0.29) is 18.0 Å². The second kappa shape index (κ2) is 6.11. The molecule has 3 atom stereocenters. The number of aliphatic hydroxyl groups is 1. The molecule has 0 heterocycles. The number of rotatable bonds is 5. The number of nitrogens with two attached hydrogens (primary N) is 1. The highest BCUT2D eigenvalue weighted by Crippen LogP contribution is 2.63. The van der Waals surface area contributed by atoms with E-state index >= 15 is 0 Å². The summed E-state index contributed by atoms with van der Waals surface area (Å²) in [6.45, 7) is -0.398. The summed E-state index contributed by atoms with van der Waals surface area (Å²) in [6, 6.07) is 11.6. The third kappa shape index (κ3) is 2.63. The van der Waals surface area contributed by atoms with E-state index in [0.29, 0.717) is 10.6 Å². The summed E-state index contributed by atoms with van der Waals surface area (Å²) >= 11 is 5.81. The highest BCUT2D eigenvalue weighted by Gasteiger charge is 2.70. The fraction of sp³-hybridized carbons (Fsp3) is 0.294. The molecule has 3 N–H and O–H groups in total. The van der Waals surface area contributed by atoms with Crippen LogP contribution in [0.5, 0.6) is 0 Å². The zero-order valence-electron chi connectivity index (χ0n) is 12.7. The lowest BCUT2D eigenvalue weighted by molar-refractivity contribution is 0.212. The van der Waals surface area contributed by atoms with Gasteiger partial charge in [-0.25, -0.2) is 12.8 Å². The summed E-state index contributed by atoms with van der Waals surface area (Å²) in [6.07, 6.45) is 0. The van der Waals surface area contributed by atoms with Crippen molar-refractivity contribution in [3.63, 3.8) is 0 Å². The Morgan fingerprint density at radius 2 is 1.88 bits per heavy atom. The summed E-state index contributed by atoms with van der Waals surface area (Å²) in [5.41, 5.74) is 5.31. The van der Waals surface area contributed by atoms with E-state index in [1.54, 1.807) is 6.07 Å². The van der Waals surface area contributed by atoms with Crippen molar-refractivity contribution >= 4 is 21.4 Å². The number of sulfone groups is 1. The molecule has 1 aliphatic rings. The monoisotopic (exact) mass is 369 g/mol. The summed E-state index contributed by atoms with van der Waals surface area (Å²) in [5.74, 6) is -1.00. The fourth-order valence-electron chi connectivity index (χ4n) is 3.42. The smallest absolute Gasteiger partial charge is 0.182 e. The first-order chi connectivity index (χ1) is 11.4. The first-order valence-electron chi connectivity index (χ1n) is 7.42. The topological polar surface area (TPSA) is 80.4 Å². The van der Waals surface area contributed by atoms with Crippen LogP contribution in [0.25, 0.3) is 0 Å². The van der Waals surface area contributed by atoms with E-state index in [4.69, 9.17) is 17.3 Å². The van der Waals surface area contributed by atoms with Crippen LogP contribution in [0.15, 0.2) is 53.4 Å². The quantitative estimate of drug-likeness (QED) is 0.847. The normalized spacial score (nSPS) is 26.3. The molecule has 0 saturated heterocycles. The molecule has 1 fully saturated rings. The van der Waals surface area contributed by atoms with Crippen LogP contribution in [-0.4, -0.2) is 31.9 Å². The molecule has 2 aromatic carbocycles. The summed E-state index contributed by atoms with van der Waals surface area (Å²) in [4.78, 5) is 0.113. The minimum absolute atomic E-state index is 0.0117. The second-order valence-electron chi connectivity index (χ2n) is 6.05. The molecule has 1 aliphatic carbocycles. The molecule has 0 radical (unpaired) electrons. The van der Waals surface area contributed by atoms with E-state index in [0.717, 1.165) is 0 Å². The van der Waals surface area contributed by atoms with Crippen molar-refractivity contribution in [2.75, 3.05) is 13.2 Å². The van der Waals surface area contributed by atoms with Gasteiger partial charge in [0, 0.05) is 22.9 Å². The molecule has 0 bridgehead atoms. The summed E-state index contributed by atoms with van der Waals surface area (Å²) in [7, 11) is -3.75. The molecule has 3 unspecified atom stereocenters. The van der Waals surface area contributed by atoms with Crippen LogP contribution in [0, 0.1) is 11.2 Å². The summed E-state index contributed by atoms with van der Waals surface area (Å²) in [5, 5.41) is 9.35. The highest BCUT2D eigenvalue weighted by molar-refractivity contribution is 7.92. The molecule has 2 aromatic rings. The van der Waals surface area contributed by atoms with Gasteiger partial charge in [-0.1, -0.05) is 23.7 Å². The molecule has 1 saturated carbocycles. The van der Waals surface area contributed by atoms with E-state index in [1.165, 1.54) is 42.5 Å². The zero-order valence-corrected chi connectivity index (χ0v) is 14.3. The van der Waals surface area contributed by atoms with E-state index < -0.39 is 32.2 Å². The second-order valence-corrected chi connectivity index (χ2v) is 8.55. The Labute approximate surface area is 145 Å². The lowest BCUT2D eigenvalue weighted by atomic mass is 10.00. The number of hydrogen-bond donors (Lipinski definition) is 2. The Hall–Kier alpha value is -1.47. The van der Waals surface area contributed by atoms with Gasteiger partial charge in [-0.2, -0.15) is 0 Å². The molecule has 0 aliphatic heterocycles. The maximum Gasteiger partial charge on any atom is 0.182 e. The molecule has 24 heavy (non-hydrogen) atoms. The van der Waals surface area contributed by atoms with Gasteiger partial charge in [-0.3, -0.25) is 0 Å². The largest absolute Gasteiger partial charge is 0.396 e. The Morgan fingerprint density at radius 1 is 1.21 bits per heavy atom. The predicted molar refractivity (Wildman–Crippen MR) is 90.1 cm³/mol. The van der Waals surface area contributed by atoms with Crippen molar-refractivity contribution < 1.29 is 17.9 Å². The fourth-order valence-corrected chi connectivity index (χ4v) is 5.99. The maximum atomic E-state index is 13.5. The van der Waals surface area contributed by atoms with Gasteiger partial charge in [-0.15, -0.1) is 0 Å². The SMILES string of the molecule is NCC1(CO)C(c2cccc(F)c2)C1S(=O)(=O)c1ccc(Cl)cc1. The minimum Gasteiger partial charge on any atom is -0.396 e. The van der Waals surface area contributed by atoms with Crippen LogP contribution in [0.4, 0.5) is 4.39 Å². The maximum absolute atomic E-state index is 13.5. The zero-order chi connectivity index (χ0) is 17.5. The van der Waals surface area contributed by atoms with Crippen molar-refractivity contribution in [2.45, 2.75) is 16.1 Å². The van der Waals surface area contributed by atoms with Crippen LogP contribution in [0.1, 0.15) is 11.5 Å². The molecule has 0 amide bonds. The molecule has 4 nitrogen and oxygen atoms in total. The standard InChI is InChI=1S/C17H17ClFNO3S/c18-12-4-6-14(7-5-12)24(22,23)16-15(17(16,9-20)10-21)11-2-1-3-13(19)8-11/h1-8,15-16,21H,9-10,20H2. The van der Waals surface area contributed by atoms with Gasteiger partial charge in [0.1, 0.15) is 5.82 Å². The lowest BCUT2D eigenvalue weighted by Gasteiger charge is -2.12. The third-order valence-corrected chi connectivity index (χ3v) is 7.33. The number of hydrogen-bond acceptors (Lipinski definition) is 4. The molecule has 0 aromatic heterocycles. The average molecular weight is 370 g/mol. The number of halogens is 2. The van der Waals surface area contributed by atoms with Crippen molar-refractivity contribution in [3.8, 4) is 0 Å². The van der Waals surface area contributed by atoms with Crippen molar-refractivity contribution in [1.82, 2.24) is 0 Å². The van der Waals surface area contributed by atoms with E-state index in [9.17, 15) is 17.9 Å². The van der Waals surface area contributed by atoms with Crippen LogP contribution >= 0.6 is 11.6 Å². The molecule has 7 heteroatoms. The summed E-state index contributed by atoms with van der Waals surface area (Å²) < 4.78 is 39.6. The van der Waals surface area contributed by atoms with Gasteiger partial charge in [0.2, 0.25) is 0 Å².